The lowest BCUT2D eigenvalue weighted by Crippen LogP contribution is -2.36. The maximum absolute atomic E-state index is 12.4. The molecule has 3 heteroatoms. The molecule has 0 aliphatic heterocycles. The lowest BCUT2D eigenvalue weighted by atomic mass is 10.0. The van der Waals surface area contributed by atoms with E-state index >= 15 is 0 Å². The molecule has 0 heterocycles. The normalized spacial score (nSPS) is 20.3. The van der Waals surface area contributed by atoms with E-state index < -0.39 is 0 Å². The SMILES string of the molecule is O=C(OCc1ccccc1)[C@H]1CCC[C@H]1NCc1ccccc1. The van der Waals surface area contributed by atoms with Crippen molar-refractivity contribution in [2.75, 3.05) is 0 Å². The highest BCUT2D eigenvalue weighted by Crippen LogP contribution is 2.27. The highest BCUT2D eigenvalue weighted by molar-refractivity contribution is 5.73. The summed E-state index contributed by atoms with van der Waals surface area (Å²) in [6.45, 7) is 1.16. The third-order valence-corrected chi connectivity index (χ3v) is 4.45. The molecule has 23 heavy (non-hydrogen) atoms. The topological polar surface area (TPSA) is 38.3 Å². The number of hydrogen-bond donors (Lipinski definition) is 1. The summed E-state index contributed by atoms with van der Waals surface area (Å²) in [5.74, 6) is -0.0978. The fraction of sp³-hybridized carbons (Fsp3) is 0.350. The summed E-state index contributed by atoms with van der Waals surface area (Å²) in [4.78, 5) is 12.4. The summed E-state index contributed by atoms with van der Waals surface area (Å²) >= 11 is 0. The van der Waals surface area contributed by atoms with Crippen LogP contribution in [0.5, 0.6) is 0 Å². The second-order valence-electron chi connectivity index (χ2n) is 6.10. The van der Waals surface area contributed by atoms with Gasteiger partial charge in [0.05, 0.1) is 5.92 Å². The molecule has 1 aliphatic carbocycles. The number of ether oxygens (including phenoxy) is 1. The van der Waals surface area contributed by atoms with E-state index in [4.69, 9.17) is 4.74 Å². The van der Waals surface area contributed by atoms with Crippen molar-refractivity contribution in [3.8, 4) is 0 Å². The Bertz CT molecular complexity index is 612. The zero-order valence-electron chi connectivity index (χ0n) is 13.3. The molecule has 0 bridgehead atoms. The Morgan fingerprint density at radius 1 is 0.957 bits per heavy atom. The molecular formula is C20H23NO2. The summed E-state index contributed by atoms with van der Waals surface area (Å²) in [5.41, 5.74) is 2.28. The Morgan fingerprint density at radius 3 is 2.30 bits per heavy atom. The monoisotopic (exact) mass is 309 g/mol. The van der Waals surface area contributed by atoms with E-state index in [1.165, 1.54) is 5.56 Å². The van der Waals surface area contributed by atoms with Gasteiger partial charge in [-0.1, -0.05) is 67.1 Å². The number of benzene rings is 2. The second-order valence-corrected chi connectivity index (χ2v) is 6.10. The molecule has 3 nitrogen and oxygen atoms in total. The number of carbonyl (C=O) groups is 1. The van der Waals surface area contributed by atoms with Crippen molar-refractivity contribution in [1.29, 1.82) is 0 Å². The van der Waals surface area contributed by atoms with Crippen molar-refractivity contribution in [3.63, 3.8) is 0 Å². The van der Waals surface area contributed by atoms with Gasteiger partial charge in [-0.2, -0.15) is 0 Å². The smallest absolute Gasteiger partial charge is 0.310 e. The van der Waals surface area contributed by atoms with Crippen LogP contribution >= 0.6 is 0 Å². The van der Waals surface area contributed by atoms with Gasteiger partial charge in [-0.15, -0.1) is 0 Å². The van der Waals surface area contributed by atoms with E-state index in [2.05, 4.69) is 17.4 Å². The summed E-state index contributed by atoms with van der Waals surface area (Å²) in [7, 11) is 0. The average Bonchev–Trinajstić information content (AvgIpc) is 3.08. The van der Waals surface area contributed by atoms with Gasteiger partial charge in [0, 0.05) is 12.6 Å². The van der Waals surface area contributed by atoms with Crippen molar-refractivity contribution in [2.45, 2.75) is 38.5 Å². The highest BCUT2D eigenvalue weighted by atomic mass is 16.5. The molecule has 3 rings (SSSR count). The summed E-state index contributed by atoms with van der Waals surface area (Å²) in [5, 5.41) is 3.53. The van der Waals surface area contributed by atoms with Gasteiger partial charge in [0.15, 0.2) is 0 Å². The first kappa shape index (κ1) is 15.8. The summed E-state index contributed by atoms with van der Waals surface area (Å²) < 4.78 is 5.52. The van der Waals surface area contributed by atoms with Crippen molar-refractivity contribution < 1.29 is 9.53 Å². The molecule has 120 valence electrons. The number of carbonyl (C=O) groups excluding carboxylic acids is 1. The van der Waals surface area contributed by atoms with Gasteiger partial charge in [-0.05, 0) is 24.0 Å². The minimum absolute atomic E-state index is 0.0255. The minimum atomic E-state index is -0.0723. The van der Waals surface area contributed by atoms with Crippen LogP contribution in [0.3, 0.4) is 0 Å². The van der Waals surface area contributed by atoms with Crippen LogP contribution in [0.1, 0.15) is 30.4 Å². The molecular weight excluding hydrogens is 286 g/mol. The van der Waals surface area contributed by atoms with E-state index in [0.29, 0.717) is 6.61 Å². The highest BCUT2D eigenvalue weighted by Gasteiger charge is 2.33. The van der Waals surface area contributed by atoms with Crippen LogP contribution in [0.25, 0.3) is 0 Å². The Balaban J connectivity index is 1.50. The number of rotatable bonds is 6. The fourth-order valence-electron chi connectivity index (χ4n) is 3.17. The molecule has 1 saturated carbocycles. The first-order chi connectivity index (χ1) is 11.3. The van der Waals surface area contributed by atoms with Crippen LogP contribution in [0, 0.1) is 5.92 Å². The standard InChI is InChI=1S/C20H23NO2/c22-20(23-15-17-10-5-2-6-11-17)18-12-7-13-19(18)21-14-16-8-3-1-4-9-16/h1-6,8-11,18-19,21H,7,12-15H2/t18-,19+/m0/s1. The van der Waals surface area contributed by atoms with Crippen molar-refractivity contribution >= 4 is 5.97 Å². The predicted octanol–water partition coefficient (Wildman–Crippen LogP) is 3.69. The lowest BCUT2D eigenvalue weighted by molar-refractivity contribution is -0.150. The molecule has 0 amide bonds. The maximum Gasteiger partial charge on any atom is 0.310 e. The number of hydrogen-bond acceptors (Lipinski definition) is 3. The zero-order chi connectivity index (χ0) is 15.9. The Hall–Kier alpha value is -2.13. The van der Waals surface area contributed by atoms with Crippen LogP contribution < -0.4 is 5.32 Å². The molecule has 1 aliphatic rings. The largest absolute Gasteiger partial charge is 0.461 e. The van der Waals surface area contributed by atoms with Crippen LogP contribution in [0.15, 0.2) is 60.7 Å². The van der Waals surface area contributed by atoms with Gasteiger partial charge in [-0.3, -0.25) is 4.79 Å². The Labute approximate surface area is 137 Å². The molecule has 0 radical (unpaired) electrons. The van der Waals surface area contributed by atoms with Crippen LogP contribution in [0.2, 0.25) is 0 Å². The lowest BCUT2D eigenvalue weighted by Gasteiger charge is -2.20. The van der Waals surface area contributed by atoms with Crippen molar-refractivity contribution in [1.82, 2.24) is 5.32 Å². The molecule has 0 saturated heterocycles. The molecule has 1 fully saturated rings. The van der Waals surface area contributed by atoms with Crippen LogP contribution in [-0.4, -0.2) is 12.0 Å². The zero-order valence-corrected chi connectivity index (χ0v) is 13.3. The van der Waals surface area contributed by atoms with Gasteiger partial charge in [0.2, 0.25) is 0 Å². The van der Waals surface area contributed by atoms with Gasteiger partial charge in [-0.25, -0.2) is 0 Å². The maximum atomic E-state index is 12.4. The molecule has 2 atom stereocenters. The number of esters is 1. The summed E-state index contributed by atoms with van der Waals surface area (Å²) in [6, 6.07) is 20.4. The quantitative estimate of drug-likeness (QED) is 0.827. The minimum Gasteiger partial charge on any atom is -0.461 e. The molecule has 0 spiro atoms. The van der Waals surface area contributed by atoms with E-state index in [1.807, 2.05) is 48.5 Å². The molecule has 1 N–H and O–H groups in total. The molecule has 0 aromatic heterocycles. The summed E-state index contributed by atoms with van der Waals surface area (Å²) in [6.07, 6.45) is 3.04. The van der Waals surface area contributed by atoms with Crippen molar-refractivity contribution in [2.24, 2.45) is 5.92 Å². The molecule has 2 aromatic rings. The van der Waals surface area contributed by atoms with Gasteiger partial charge in [0.1, 0.15) is 6.61 Å². The second kappa shape index (κ2) is 7.93. The van der Waals surface area contributed by atoms with Crippen LogP contribution in [-0.2, 0) is 22.7 Å². The Morgan fingerprint density at radius 2 is 1.61 bits per heavy atom. The first-order valence-corrected chi connectivity index (χ1v) is 8.31. The van der Waals surface area contributed by atoms with E-state index in [9.17, 15) is 4.79 Å². The van der Waals surface area contributed by atoms with Crippen molar-refractivity contribution in [3.05, 3.63) is 71.8 Å². The van der Waals surface area contributed by atoms with Gasteiger partial charge in [0.25, 0.3) is 0 Å². The third-order valence-electron chi connectivity index (χ3n) is 4.45. The third kappa shape index (κ3) is 4.42. The van der Waals surface area contributed by atoms with E-state index in [1.54, 1.807) is 0 Å². The number of nitrogens with one attached hydrogen (secondary N) is 1. The van der Waals surface area contributed by atoms with Gasteiger partial charge >= 0.3 is 5.97 Å². The van der Waals surface area contributed by atoms with Crippen LogP contribution in [0.4, 0.5) is 0 Å². The molecule has 2 aromatic carbocycles. The molecule has 0 unspecified atom stereocenters. The first-order valence-electron chi connectivity index (χ1n) is 8.31. The average molecular weight is 309 g/mol. The van der Waals surface area contributed by atoms with E-state index in [0.717, 1.165) is 31.4 Å². The van der Waals surface area contributed by atoms with Gasteiger partial charge < -0.3 is 10.1 Å². The predicted molar refractivity (Wildman–Crippen MR) is 90.6 cm³/mol. The van der Waals surface area contributed by atoms with E-state index in [-0.39, 0.29) is 17.9 Å². The Kier molecular flexibility index (Phi) is 5.43. The fourth-order valence-corrected chi connectivity index (χ4v) is 3.17.